The number of sulfonamides is 1. The summed E-state index contributed by atoms with van der Waals surface area (Å²) in [5, 5.41) is 0.438. The van der Waals surface area contributed by atoms with Crippen LogP contribution in [0.5, 0.6) is 0 Å². The van der Waals surface area contributed by atoms with Gasteiger partial charge in [-0.3, -0.25) is 9.52 Å². The van der Waals surface area contributed by atoms with Gasteiger partial charge in [-0.2, -0.15) is 0 Å². The monoisotopic (exact) mass is 559 g/mol. The van der Waals surface area contributed by atoms with E-state index in [0.29, 0.717) is 11.3 Å². The summed E-state index contributed by atoms with van der Waals surface area (Å²) >= 11 is 12.3. The number of unbranched alkanes of at least 4 members (excludes halogenated alkanes) is 1. The third kappa shape index (κ3) is 6.33. The molecule has 0 saturated heterocycles. The van der Waals surface area contributed by atoms with Gasteiger partial charge in [-0.25, -0.2) is 13.2 Å². The summed E-state index contributed by atoms with van der Waals surface area (Å²) in [6.07, 6.45) is 2.99. The van der Waals surface area contributed by atoms with Crippen molar-refractivity contribution in [3.8, 4) is 0 Å². The molecule has 0 amide bonds. The van der Waals surface area contributed by atoms with E-state index in [0.717, 1.165) is 42.3 Å². The molecule has 0 atom stereocenters. The second-order valence-electron chi connectivity index (χ2n) is 8.32. The molecule has 1 heterocycles. The van der Waals surface area contributed by atoms with Crippen LogP contribution < -0.4 is 4.72 Å². The molecule has 0 fully saturated rings. The number of esters is 1. The van der Waals surface area contributed by atoms with Crippen LogP contribution in [0.1, 0.15) is 46.2 Å². The first-order valence-electron chi connectivity index (χ1n) is 11.5. The van der Waals surface area contributed by atoms with Crippen molar-refractivity contribution in [1.29, 1.82) is 0 Å². The topological polar surface area (TPSA) is 103 Å². The number of furan rings is 1. The van der Waals surface area contributed by atoms with Gasteiger partial charge < -0.3 is 9.15 Å². The van der Waals surface area contributed by atoms with Crippen LogP contribution in [0.4, 0.5) is 5.69 Å². The lowest BCUT2D eigenvalue weighted by Gasteiger charge is -2.12. The van der Waals surface area contributed by atoms with Gasteiger partial charge in [0.15, 0.2) is 12.4 Å². The van der Waals surface area contributed by atoms with Crippen LogP contribution in [-0.2, 0) is 21.2 Å². The second kappa shape index (κ2) is 11.4. The van der Waals surface area contributed by atoms with E-state index in [1.165, 1.54) is 0 Å². The van der Waals surface area contributed by atoms with E-state index in [2.05, 4.69) is 11.6 Å². The summed E-state index contributed by atoms with van der Waals surface area (Å²) in [6, 6.07) is 17.8. The molecule has 192 valence electrons. The number of para-hydroxylation sites is 1. The fraction of sp³-hybridized carbons (Fsp3) is 0.185. The van der Waals surface area contributed by atoms with E-state index in [1.54, 1.807) is 42.5 Å². The lowest BCUT2D eigenvalue weighted by molar-refractivity contribution is 0.0468. The summed E-state index contributed by atoms with van der Waals surface area (Å²) in [5.41, 5.74) is 1.71. The number of hydrogen-bond donors (Lipinski definition) is 1. The first-order valence-corrected chi connectivity index (χ1v) is 13.7. The maximum atomic E-state index is 13.0. The van der Waals surface area contributed by atoms with Gasteiger partial charge in [0.05, 0.1) is 15.6 Å². The van der Waals surface area contributed by atoms with Crippen molar-refractivity contribution in [3.63, 3.8) is 0 Å². The van der Waals surface area contributed by atoms with Crippen LogP contribution in [0.15, 0.2) is 76.0 Å². The second-order valence-corrected chi connectivity index (χ2v) is 10.8. The Balaban J connectivity index is 1.49. The quantitative estimate of drug-likeness (QED) is 0.167. The van der Waals surface area contributed by atoms with Gasteiger partial charge in [0.1, 0.15) is 10.5 Å². The summed E-state index contributed by atoms with van der Waals surface area (Å²) in [4.78, 5) is 24.8. The Morgan fingerprint density at radius 2 is 1.70 bits per heavy atom. The number of carbonyl (C=O) groups excluding carboxylic acids is 2. The lowest BCUT2D eigenvalue weighted by atomic mass is 10.1. The van der Waals surface area contributed by atoms with Gasteiger partial charge >= 0.3 is 5.97 Å². The van der Waals surface area contributed by atoms with Crippen LogP contribution >= 0.6 is 23.2 Å². The zero-order chi connectivity index (χ0) is 26.6. The number of anilines is 1. The molecule has 0 aliphatic rings. The molecule has 1 N–H and O–H groups in total. The number of fused-ring (bicyclic) bond motifs is 1. The molecule has 0 radical (unpaired) electrons. The van der Waals surface area contributed by atoms with E-state index < -0.39 is 28.4 Å². The summed E-state index contributed by atoms with van der Waals surface area (Å²) in [5.74, 6) is -1.52. The Morgan fingerprint density at radius 1 is 0.973 bits per heavy atom. The van der Waals surface area contributed by atoms with Crippen molar-refractivity contribution < 1.29 is 27.2 Å². The number of nitrogens with one attached hydrogen (secondary N) is 1. The predicted molar refractivity (Wildman–Crippen MR) is 143 cm³/mol. The minimum atomic E-state index is -4.17. The Labute approximate surface area is 224 Å². The highest BCUT2D eigenvalue weighted by Gasteiger charge is 2.24. The zero-order valence-corrected chi connectivity index (χ0v) is 22.1. The highest BCUT2D eigenvalue weighted by Crippen LogP contribution is 2.31. The number of hydrogen-bond acceptors (Lipinski definition) is 6. The lowest BCUT2D eigenvalue weighted by Crippen LogP contribution is -2.17. The SMILES string of the molecule is CCCCc1ccc(NS(=O)(=O)c2cc(C(=O)OCC(=O)c3cc4ccccc4o3)c(Cl)cc2Cl)cc1. The molecule has 0 unspecified atom stereocenters. The molecule has 7 nitrogen and oxygen atoms in total. The first kappa shape index (κ1) is 26.7. The Hall–Kier alpha value is -3.33. The largest absolute Gasteiger partial charge is 0.454 e. The molecule has 0 bridgehead atoms. The molecule has 0 aliphatic heterocycles. The molecule has 1 aromatic heterocycles. The smallest absolute Gasteiger partial charge is 0.340 e. The van der Waals surface area contributed by atoms with E-state index in [9.17, 15) is 18.0 Å². The van der Waals surface area contributed by atoms with Gasteiger partial charge in [0.25, 0.3) is 10.0 Å². The van der Waals surface area contributed by atoms with Crippen molar-refractivity contribution in [2.45, 2.75) is 31.1 Å². The number of rotatable bonds is 10. The molecule has 10 heteroatoms. The molecule has 3 aromatic carbocycles. The fourth-order valence-electron chi connectivity index (χ4n) is 3.62. The number of ketones is 1. The van der Waals surface area contributed by atoms with E-state index >= 15 is 0 Å². The molecule has 0 saturated carbocycles. The van der Waals surface area contributed by atoms with Crippen molar-refractivity contribution in [2.24, 2.45) is 0 Å². The number of Topliss-reactive ketones (excluding diaryl/α,β-unsaturated/α-hetero) is 1. The number of benzene rings is 3. The number of ether oxygens (including phenoxy) is 1. The van der Waals surface area contributed by atoms with Crippen molar-refractivity contribution in [1.82, 2.24) is 0 Å². The van der Waals surface area contributed by atoms with Crippen LogP contribution in [0.2, 0.25) is 10.0 Å². The standard InChI is InChI=1S/C27H23Cl2NO6S/c1-2-3-6-17-9-11-19(12-10-17)30-37(33,34)26-14-20(21(28)15-22(26)29)27(32)35-16-23(31)25-13-18-7-4-5-8-24(18)36-25/h4-5,7-15,30H,2-3,6,16H2,1H3. The molecule has 4 aromatic rings. The summed E-state index contributed by atoms with van der Waals surface area (Å²) in [6.45, 7) is 1.48. The van der Waals surface area contributed by atoms with Crippen LogP contribution in [0.3, 0.4) is 0 Å². The maximum absolute atomic E-state index is 13.0. The van der Waals surface area contributed by atoms with Gasteiger partial charge in [-0.15, -0.1) is 0 Å². The molecule has 37 heavy (non-hydrogen) atoms. The number of halogens is 2. The summed E-state index contributed by atoms with van der Waals surface area (Å²) in [7, 11) is -4.17. The fourth-order valence-corrected chi connectivity index (χ4v) is 5.53. The third-order valence-corrected chi connectivity index (χ3v) is 7.75. The number of aryl methyl sites for hydroxylation is 1. The Morgan fingerprint density at radius 3 is 2.41 bits per heavy atom. The normalized spacial score (nSPS) is 11.4. The van der Waals surface area contributed by atoms with Crippen LogP contribution in [-0.4, -0.2) is 26.8 Å². The van der Waals surface area contributed by atoms with E-state index in [4.69, 9.17) is 32.4 Å². The van der Waals surface area contributed by atoms with Gasteiger partial charge in [0, 0.05) is 11.1 Å². The molecule has 0 aliphatic carbocycles. The maximum Gasteiger partial charge on any atom is 0.340 e. The minimum absolute atomic E-state index is 0.0318. The molecular formula is C27H23Cl2NO6S. The van der Waals surface area contributed by atoms with Crippen molar-refractivity contribution >= 4 is 61.6 Å². The van der Waals surface area contributed by atoms with Gasteiger partial charge in [-0.1, -0.05) is 66.9 Å². The van der Waals surface area contributed by atoms with Gasteiger partial charge in [-0.05, 0) is 54.8 Å². The highest BCUT2D eigenvalue weighted by atomic mass is 35.5. The first-order chi connectivity index (χ1) is 17.7. The minimum Gasteiger partial charge on any atom is -0.454 e. The van der Waals surface area contributed by atoms with Crippen molar-refractivity contribution in [3.05, 3.63) is 93.7 Å². The van der Waals surface area contributed by atoms with Gasteiger partial charge in [0.2, 0.25) is 5.78 Å². The average molecular weight is 560 g/mol. The molecular weight excluding hydrogens is 537 g/mol. The van der Waals surface area contributed by atoms with E-state index in [1.807, 2.05) is 12.1 Å². The molecule has 0 spiro atoms. The van der Waals surface area contributed by atoms with Crippen LogP contribution in [0.25, 0.3) is 11.0 Å². The summed E-state index contributed by atoms with van der Waals surface area (Å²) < 4.78 is 39.1. The van der Waals surface area contributed by atoms with Crippen LogP contribution in [0, 0.1) is 0 Å². The van der Waals surface area contributed by atoms with E-state index in [-0.39, 0.29) is 26.3 Å². The predicted octanol–water partition coefficient (Wildman–Crippen LogP) is 6.92. The zero-order valence-electron chi connectivity index (χ0n) is 19.8. The number of carbonyl (C=O) groups is 2. The Bertz CT molecular complexity index is 1530. The highest BCUT2D eigenvalue weighted by molar-refractivity contribution is 7.92. The van der Waals surface area contributed by atoms with Crippen molar-refractivity contribution in [2.75, 3.05) is 11.3 Å². The Kier molecular flexibility index (Phi) is 8.22. The third-order valence-electron chi connectivity index (χ3n) is 5.59. The average Bonchev–Trinajstić information content (AvgIpc) is 3.31. The molecule has 4 rings (SSSR count).